The molecule has 0 fully saturated rings. The summed E-state index contributed by atoms with van der Waals surface area (Å²) in [6.45, 7) is 3.62. The van der Waals surface area contributed by atoms with Gasteiger partial charge in [-0.1, -0.05) is 17.7 Å². The first-order chi connectivity index (χ1) is 14.4. The molecular formula is C22H21N3O4S. The number of likely N-dealkylation sites (N-methyl/N-ethyl adjacent to an activating group) is 1. The third-order valence-corrected chi connectivity index (χ3v) is 5.50. The molecule has 2 aromatic carbocycles. The largest absolute Gasteiger partial charge is 0.484 e. The zero-order chi connectivity index (χ0) is 21.3. The van der Waals surface area contributed by atoms with Crippen LogP contribution in [0.15, 0.2) is 47.8 Å². The lowest BCUT2D eigenvalue weighted by atomic mass is 10.1. The number of rotatable bonds is 5. The maximum atomic E-state index is 12.2. The summed E-state index contributed by atoms with van der Waals surface area (Å²) in [5.41, 5.74) is 3.36. The molecule has 0 bridgehead atoms. The molecule has 8 heteroatoms. The summed E-state index contributed by atoms with van der Waals surface area (Å²) in [6, 6.07) is 13.1. The summed E-state index contributed by atoms with van der Waals surface area (Å²) in [5.74, 6) is 0.916. The van der Waals surface area contributed by atoms with E-state index in [2.05, 4.69) is 10.3 Å². The Morgan fingerprint density at radius 3 is 2.80 bits per heavy atom. The fourth-order valence-electron chi connectivity index (χ4n) is 3.07. The van der Waals surface area contributed by atoms with Gasteiger partial charge in [-0.05, 0) is 44.2 Å². The number of carbonyl (C=O) groups excluding carboxylic acids is 2. The summed E-state index contributed by atoms with van der Waals surface area (Å²) in [7, 11) is 1.73. The second-order valence-corrected chi connectivity index (χ2v) is 7.89. The molecule has 1 aliphatic rings. The van der Waals surface area contributed by atoms with Gasteiger partial charge in [0.05, 0.1) is 11.4 Å². The van der Waals surface area contributed by atoms with Crippen LogP contribution in [0, 0.1) is 6.92 Å². The molecule has 2 heterocycles. The molecule has 4 rings (SSSR count). The van der Waals surface area contributed by atoms with Crippen molar-refractivity contribution in [1.29, 1.82) is 0 Å². The summed E-state index contributed by atoms with van der Waals surface area (Å²) < 4.78 is 11.1. The van der Waals surface area contributed by atoms with E-state index in [1.165, 1.54) is 11.3 Å². The van der Waals surface area contributed by atoms with Gasteiger partial charge in [-0.3, -0.25) is 14.9 Å². The quantitative estimate of drug-likeness (QED) is 0.674. The van der Waals surface area contributed by atoms with Gasteiger partial charge < -0.3 is 14.4 Å². The molecule has 1 N–H and O–H groups in total. The van der Waals surface area contributed by atoms with Crippen LogP contribution >= 0.6 is 11.3 Å². The van der Waals surface area contributed by atoms with Gasteiger partial charge in [-0.25, -0.2) is 4.98 Å². The van der Waals surface area contributed by atoms with Crippen molar-refractivity contribution in [1.82, 2.24) is 4.98 Å². The Hall–Kier alpha value is -3.39. The van der Waals surface area contributed by atoms with E-state index >= 15 is 0 Å². The van der Waals surface area contributed by atoms with Crippen molar-refractivity contribution < 1.29 is 19.1 Å². The molecule has 154 valence electrons. The Morgan fingerprint density at radius 1 is 1.27 bits per heavy atom. The van der Waals surface area contributed by atoms with Crippen LogP contribution in [-0.4, -0.2) is 36.6 Å². The highest BCUT2D eigenvalue weighted by atomic mass is 32.1. The predicted molar refractivity (Wildman–Crippen MR) is 116 cm³/mol. The number of carbonyl (C=O) groups is 2. The third kappa shape index (κ3) is 4.13. The molecule has 7 nitrogen and oxygen atoms in total. The number of anilines is 2. The minimum absolute atomic E-state index is 0.0977. The molecular weight excluding hydrogens is 402 g/mol. The Kier molecular flexibility index (Phi) is 5.41. The standard InChI is InChI=1S/C22H21N3O4S/c1-13-4-7-16(8-5-13)28-11-20(26)24-22-23-17(12-30-22)15-6-9-19-18(10-15)25(3)21(27)14(2)29-19/h4-10,12,14H,11H2,1-3H3,(H,23,24,26). The highest BCUT2D eigenvalue weighted by Gasteiger charge is 2.29. The summed E-state index contributed by atoms with van der Waals surface area (Å²) in [4.78, 5) is 30.4. The fraction of sp³-hybridized carbons (Fsp3) is 0.227. The summed E-state index contributed by atoms with van der Waals surface area (Å²) in [6.07, 6.45) is -0.503. The number of aromatic nitrogens is 1. The zero-order valence-electron chi connectivity index (χ0n) is 16.8. The van der Waals surface area contributed by atoms with Gasteiger partial charge in [-0.15, -0.1) is 11.3 Å². The number of benzene rings is 2. The first kappa shape index (κ1) is 19.9. The molecule has 2 amide bonds. The molecule has 0 aliphatic carbocycles. The lowest BCUT2D eigenvalue weighted by molar-refractivity contribution is -0.125. The van der Waals surface area contributed by atoms with Gasteiger partial charge in [0.1, 0.15) is 11.5 Å². The molecule has 0 saturated carbocycles. The molecule has 1 aromatic heterocycles. The lowest BCUT2D eigenvalue weighted by Crippen LogP contribution is -2.41. The second-order valence-electron chi connectivity index (χ2n) is 7.03. The normalized spacial score (nSPS) is 15.4. The van der Waals surface area contributed by atoms with Crippen molar-refractivity contribution in [2.24, 2.45) is 0 Å². The van der Waals surface area contributed by atoms with Crippen LogP contribution in [-0.2, 0) is 9.59 Å². The van der Waals surface area contributed by atoms with E-state index in [4.69, 9.17) is 9.47 Å². The number of fused-ring (bicyclic) bond motifs is 1. The lowest BCUT2D eigenvalue weighted by Gasteiger charge is -2.30. The number of ether oxygens (including phenoxy) is 2. The minimum atomic E-state index is -0.503. The van der Waals surface area contributed by atoms with E-state index in [0.717, 1.165) is 11.1 Å². The van der Waals surface area contributed by atoms with Crippen LogP contribution in [0.25, 0.3) is 11.3 Å². The third-order valence-electron chi connectivity index (χ3n) is 4.74. The van der Waals surface area contributed by atoms with Crippen LogP contribution in [0.4, 0.5) is 10.8 Å². The van der Waals surface area contributed by atoms with Crippen molar-refractivity contribution in [3.63, 3.8) is 0 Å². The van der Waals surface area contributed by atoms with Gasteiger partial charge in [0.25, 0.3) is 11.8 Å². The van der Waals surface area contributed by atoms with Crippen LogP contribution in [0.3, 0.4) is 0 Å². The number of hydrogen-bond acceptors (Lipinski definition) is 6. The number of amides is 2. The Labute approximate surface area is 178 Å². The molecule has 0 saturated heterocycles. The number of nitrogens with zero attached hydrogens (tertiary/aromatic N) is 2. The predicted octanol–water partition coefficient (Wildman–Crippen LogP) is 3.88. The van der Waals surface area contributed by atoms with Crippen molar-refractivity contribution in [2.45, 2.75) is 20.0 Å². The van der Waals surface area contributed by atoms with Gasteiger partial charge >= 0.3 is 0 Å². The van der Waals surface area contributed by atoms with Crippen molar-refractivity contribution in [3.05, 3.63) is 53.4 Å². The van der Waals surface area contributed by atoms with Crippen molar-refractivity contribution in [3.8, 4) is 22.8 Å². The first-order valence-electron chi connectivity index (χ1n) is 9.44. The van der Waals surface area contributed by atoms with Crippen molar-refractivity contribution >= 4 is 34.0 Å². The molecule has 30 heavy (non-hydrogen) atoms. The van der Waals surface area contributed by atoms with E-state index in [-0.39, 0.29) is 18.4 Å². The average molecular weight is 423 g/mol. The van der Waals surface area contributed by atoms with Gasteiger partial charge in [0.15, 0.2) is 17.8 Å². The van der Waals surface area contributed by atoms with Crippen LogP contribution in [0.5, 0.6) is 11.5 Å². The Morgan fingerprint density at radius 2 is 2.03 bits per heavy atom. The van der Waals surface area contributed by atoms with E-state index in [1.807, 2.05) is 54.8 Å². The Balaban J connectivity index is 1.42. The number of hydrogen-bond donors (Lipinski definition) is 1. The zero-order valence-corrected chi connectivity index (χ0v) is 17.7. The maximum absolute atomic E-state index is 12.2. The van der Waals surface area contributed by atoms with Crippen LogP contribution in [0.1, 0.15) is 12.5 Å². The van der Waals surface area contributed by atoms with Gasteiger partial charge in [0.2, 0.25) is 0 Å². The SMILES string of the molecule is Cc1ccc(OCC(=O)Nc2nc(-c3ccc4c(c3)N(C)C(=O)C(C)O4)cs2)cc1. The molecule has 0 spiro atoms. The number of nitrogens with one attached hydrogen (secondary N) is 1. The van der Waals surface area contributed by atoms with Gasteiger partial charge in [0, 0.05) is 18.0 Å². The maximum Gasteiger partial charge on any atom is 0.267 e. The van der Waals surface area contributed by atoms with Crippen LogP contribution < -0.4 is 19.7 Å². The molecule has 1 atom stereocenters. The highest BCUT2D eigenvalue weighted by Crippen LogP contribution is 2.37. The molecule has 3 aromatic rings. The van der Waals surface area contributed by atoms with E-state index in [9.17, 15) is 9.59 Å². The monoisotopic (exact) mass is 423 g/mol. The molecule has 0 radical (unpaired) electrons. The smallest absolute Gasteiger partial charge is 0.267 e. The van der Waals surface area contributed by atoms with E-state index in [0.29, 0.717) is 28.0 Å². The number of aryl methyl sites for hydroxylation is 1. The average Bonchev–Trinajstić information content (AvgIpc) is 3.20. The topological polar surface area (TPSA) is 80.8 Å². The summed E-state index contributed by atoms with van der Waals surface area (Å²) in [5, 5.41) is 5.09. The van der Waals surface area contributed by atoms with E-state index in [1.54, 1.807) is 18.9 Å². The Bertz CT molecular complexity index is 1090. The molecule has 1 aliphatic heterocycles. The van der Waals surface area contributed by atoms with Crippen LogP contribution in [0.2, 0.25) is 0 Å². The second kappa shape index (κ2) is 8.16. The van der Waals surface area contributed by atoms with E-state index < -0.39 is 6.10 Å². The molecule has 1 unspecified atom stereocenters. The van der Waals surface area contributed by atoms with Gasteiger partial charge in [-0.2, -0.15) is 0 Å². The summed E-state index contributed by atoms with van der Waals surface area (Å²) >= 11 is 1.33. The highest BCUT2D eigenvalue weighted by molar-refractivity contribution is 7.14. The van der Waals surface area contributed by atoms with Crippen molar-refractivity contribution in [2.75, 3.05) is 23.9 Å². The number of thiazole rings is 1. The first-order valence-corrected chi connectivity index (χ1v) is 10.3. The fourth-order valence-corrected chi connectivity index (χ4v) is 3.81. The minimum Gasteiger partial charge on any atom is -0.484 e.